The molecule has 36 heavy (non-hydrogen) atoms. The van der Waals surface area contributed by atoms with E-state index in [-0.39, 0.29) is 33.1 Å². The number of carbonyl (C=O) groups is 1. The molecule has 2 aliphatic heterocycles. The SMILES string of the molecule is O=C(Nc1ccc(S(=O)(=O)N2CCOCC2)cc1)[C@H]1CCCN(S(=O)(=O)Cc2c(Cl)cccc2Cl)C1. The number of nitrogens with zero attached hydrogens (tertiary/aromatic N) is 2. The van der Waals surface area contributed by atoms with Crippen molar-refractivity contribution in [3.05, 3.63) is 58.1 Å². The van der Waals surface area contributed by atoms with Crippen LogP contribution < -0.4 is 5.32 Å². The molecule has 0 spiro atoms. The minimum atomic E-state index is -3.75. The van der Waals surface area contributed by atoms with Gasteiger partial charge in [0.25, 0.3) is 0 Å². The van der Waals surface area contributed by atoms with E-state index in [0.717, 1.165) is 0 Å². The molecule has 1 amide bonds. The van der Waals surface area contributed by atoms with Crippen LogP contribution in [0, 0.1) is 5.92 Å². The van der Waals surface area contributed by atoms with Gasteiger partial charge in [-0.3, -0.25) is 4.79 Å². The highest BCUT2D eigenvalue weighted by Gasteiger charge is 2.33. The third-order valence-electron chi connectivity index (χ3n) is 6.27. The number of halogens is 2. The van der Waals surface area contributed by atoms with Gasteiger partial charge in [0, 0.05) is 47.5 Å². The molecule has 0 saturated carbocycles. The summed E-state index contributed by atoms with van der Waals surface area (Å²) in [7, 11) is -7.38. The van der Waals surface area contributed by atoms with Gasteiger partial charge in [-0.2, -0.15) is 4.31 Å². The normalized spacial score (nSPS) is 20.2. The number of piperidine rings is 1. The van der Waals surface area contributed by atoms with E-state index >= 15 is 0 Å². The number of hydrogen-bond donors (Lipinski definition) is 1. The molecule has 13 heteroatoms. The van der Waals surface area contributed by atoms with Gasteiger partial charge >= 0.3 is 0 Å². The molecule has 2 aromatic rings. The van der Waals surface area contributed by atoms with Crippen LogP contribution in [0.2, 0.25) is 10.0 Å². The fraction of sp³-hybridized carbons (Fsp3) is 0.435. The van der Waals surface area contributed by atoms with Crippen LogP contribution in [0.5, 0.6) is 0 Å². The lowest BCUT2D eigenvalue weighted by Crippen LogP contribution is -2.44. The van der Waals surface area contributed by atoms with E-state index in [1.54, 1.807) is 18.2 Å². The van der Waals surface area contributed by atoms with Crippen molar-refractivity contribution in [1.82, 2.24) is 8.61 Å². The summed E-state index contributed by atoms with van der Waals surface area (Å²) in [5, 5.41) is 3.33. The third-order valence-corrected chi connectivity index (χ3v) is 10.7. The second-order valence-corrected chi connectivity index (χ2v) is 13.4. The van der Waals surface area contributed by atoms with Crippen molar-refractivity contribution in [1.29, 1.82) is 0 Å². The Morgan fingerprint density at radius 1 is 0.944 bits per heavy atom. The van der Waals surface area contributed by atoms with E-state index in [1.165, 1.54) is 32.9 Å². The second-order valence-electron chi connectivity index (χ2n) is 8.68. The molecular formula is C23H27Cl2N3O6S2. The zero-order chi connectivity index (χ0) is 25.9. The van der Waals surface area contributed by atoms with E-state index < -0.39 is 26.0 Å². The van der Waals surface area contributed by atoms with E-state index in [1.807, 2.05) is 0 Å². The Balaban J connectivity index is 1.39. The average Bonchev–Trinajstić information content (AvgIpc) is 2.87. The Hall–Kier alpha value is -1.73. The predicted octanol–water partition coefficient (Wildman–Crippen LogP) is 3.19. The molecule has 9 nitrogen and oxygen atoms in total. The van der Waals surface area contributed by atoms with Crippen molar-refractivity contribution in [3.8, 4) is 0 Å². The van der Waals surface area contributed by atoms with Crippen molar-refractivity contribution in [2.24, 2.45) is 5.92 Å². The molecule has 0 radical (unpaired) electrons. The topological polar surface area (TPSA) is 113 Å². The Morgan fingerprint density at radius 3 is 2.22 bits per heavy atom. The maximum Gasteiger partial charge on any atom is 0.243 e. The summed E-state index contributed by atoms with van der Waals surface area (Å²) in [6.07, 6.45) is 1.07. The molecule has 2 saturated heterocycles. The molecule has 1 N–H and O–H groups in total. The van der Waals surface area contributed by atoms with Crippen molar-refractivity contribution in [2.75, 3.05) is 44.7 Å². The summed E-state index contributed by atoms with van der Waals surface area (Å²) in [5.74, 6) is -1.22. The van der Waals surface area contributed by atoms with Crippen LogP contribution in [-0.2, 0) is 35.3 Å². The van der Waals surface area contributed by atoms with Gasteiger partial charge in [0.15, 0.2) is 0 Å². The number of amides is 1. The molecule has 2 heterocycles. The smallest absolute Gasteiger partial charge is 0.243 e. The number of anilines is 1. The number of nitrogens with one attached hydrogen (secondary N) is 1. The van der Waals surface area contributed by atoms with Gasteiger partial charge in [-0.1, -0.05) is 29.3 Å². The predicted molar refractivity (Wildman–Crippen MR) is 138 cm³/mol. The van der Waals surface area contributed by atoms with Gasteiger partial charge < -0.3 is 10.1 Å². The van der Waals surface area contributed by atoms with Gasteiger partial charge in [-0.15, -0.1) is 0 Å². The number of ether oxygens (including phenoxy) is 1. The minimum Gasteiger partial charge on any atom is -0.379 e. The maximum absolute atomic E-state index is 13.1. The summed E-state index contributed by atoms with van der Waals surface area (Å²) >= 11 is 12.3. The molecule has 1 atom stereocenters. The van der Waals surface area contributed by atoms with Crippen LogP contribution in [0.25, 0.3) is 0 Å². The number of morpholine rings is 1. The van der Waals surface area contributed by atoms with E-state index in [0.29, 0.717) is 56.9 Å². The fourth-order valence-electron chi connectivity index (χ4n) is 4.24. The van der Waals surface area contributed by atoms with Crippen molar-refractivity contribution in [2.45, 2.75) is 23.5 Å². The lowest BCUT2D eigenvalue weighted by molar-refractivity contribution is -0.120. The first-order valence-electron chi connectivity index (χ1n) is 11.5. The molecule has 0 aliphatic carbocycles. The lowest BCUT2D eigenvalue weighted by Gasteiger charge is -2.31. The Bertz CT molecular complexity index is 1290. The van der Waals surface area contributed by atoms with Crippen LogP contribution in [0.1, 0.15) is 18.4 Å². The zero-order valence-electron chi connectivity index (χ0n) is 19.4. The first-order chi connectivity index (χ1) is 17.1. The lowest BCUT2D eigenvalue weighted by atomic mass is 9.99. The van der Waals surface area contributed by atoms with Gasteiger partial charge in [-0.25, -0.2) is 21.1 Å². The minimum absolute atomic E-state index is 0.0414. The summed E-state index contributed by atoms with van der Waals surface area (Å²) in [6.45, 7) is 1.65. The van der Waals surface area contributed by atoms with Crippen LogP contribution in [0.4, 0.5) is 5.69 Å². The first kappa shape index (κ1) is 27.3. The first-order valence-corrected chi connectivity index (χ1v) is 15.3. The molecule has 0 unspecified atom stereocenters. The van der Waals surface area contributed by atoms with Crippen molar-refractivity contribution >= 4 is 54.8 Å². The highest BCUT2D eigenvalue weighted by Crippen LogP contribution is 2.29. The van der Waals surface area contributed by atoms with E-state index in [4.69, 9.17) is 27.9 Å². The summed E-state index contributed by atoms with van der Waals surface area (Å²) in [5.41, 5.74) is 0.767. The molecule has 4 rings (SSSR count). The quantitative estimate of drug-likeness (QED) is 0.542. The zero-order valence-corrected chi connectivity index (χ0v) is 22.5. The summed E-state index contributed by atoms with van der Waals surface area (Å²) in [4.78, 5) is 13.1. The average molecular weight is 577 g/mol. The molecule has 196 valence electrons. The number of sulfonamides is 2. The van der Waals surface area contributed by atoms with Crippen LogP contribution in [-0.4, -0.2) is 70.7 Å². The van der Waals surface area contributed by atoms with Gasteiger partial charge in [0.1, 0.15) is 0 Å². The largest absolute Gasteiger partial charge is 0.379 e. The van der Waals surface area contributed by atoms with Crippen LogP contribution in [0.15, 0.2) is 47.4 Å². The van der Waals surface area contributed by atoms with Crippen LogP contribution in [0.3, 0.4) is 0 Å². The molecule has 0 aromatic heterocycles. The Labute approximate surface area is 221 Å². The molecule has 2 aromatic carbocycles. The molecule has 2 fully saturated rings. The fourth-order valence-corrected chi connectivity index (χ4v) is 8.01. The number of rotatable bonds is 7. The molecule has 2 aliphatic rings. The second kappa shape index (κ2) is 11.3. The summed E-state index contributed by atoms with van der Waals surface area (Å²) < 4.78 is 59.6. The standard InChI is InChI=1S/C23H27Cl2N3O6S2/c24-21-4-1-5-22(25)20(21)16-35(30,31)28-10-2-3-17(15-28)23(29)26-18-6-8-19(9-7-18)36(32,33)27-11-13-34-14-12-27/h1,4-9,17H,2-3,10-16H2,(H,26,29)/t17-/m0/s1. The number of carbonyl (C=O) groups excluding carboxylic acids is 1. The van der Waals surface area contributed by atoms with E-state index in [2.05, 4.69) is 5.32 Å². The number of benzene rings is 2. The van der Waals surface area contributed by atoms with Crippen LogP contribution >= 0.6 is 23.2 Å². The monoisotopic (exact) mass is 575 g/mol. The van der Waals surface area contributed by atoms with Gasteiger partial charge in [-0.05, 0) is 49.2 Å². The van der Waals surface area contributed by atoms with E-state index in [9.17, 15) is 21.6 Å². The van der Waals surface area contributed by atoms with Gasteiger partial charge in [0.2, 0.25) is 26.0 Å². The van der Waals surface area contributed by atoms with Crippen molar-refractivity contribution < 1.29 is 26.4 Å². The maximum atomic E-state index is 13.1. The number of hydrogen-bond acceptors (Lipinski definition) is 6. The highest BCUT2D eigenvalue weighted by molar-refractivity contribution is 7.89. The Morgan fingerprint density at radius 2 is 1.58 bits per heavy atom. The highest BCUT2D eigenvalue weighted by atomic mass is 35.5. The van der Waals surface area contributed by atoms with Gasteiger partial charge in [0.05, 0.1) is 29.8 Å². The molecule has 0 bridgehead atoms. The molecular weight excluding hydrogens is 549 g/mol. The Kier molecular flexibility index (Phi) is 8.60. The van der Waals surface area contributed by atoms with Crippen molar-refractivity contribution in [3.63, 3.8) is 0 Å². The third kappa shape index (κ3) is 6.21. The summed E-state index contributed by atoms with van der Waals surface area (Å²) in [6, 6.07) is 10.8.